The zero-order chi connectivity index (χ0) is 12.3. The standard InChI is InChI=1S/C11H17N3O2/c1-7(2)9-5-10(13-6-12-9)14(4)8(3)11(15)16/h5-8H,1-4H3,(H,15,16). The number of likely N-dealkylation sites (N-methyl/N-ethyl adjacent to an activating group) is 1. The molecule has 1 rings (SSSR count). The highest BCUT2D eigenvalue weighted by Gasteiger charge is 2.18. The molecule has 0 aromatic carbocycles. The number of carboxylic acids is 1. The van der Waals surface area contributed by atoms with E-state index in [0.717, 1.165) is 5.69 Å². The maximum absolute atomic E-state index is 10.8. The minimum absolute atomic E-state index is 0.301. The molecule has 0 spiro atoms. The van der Waals surface area contributed by atoms with E-state index in [4.69, 9.17) is 5.11 Å². The third-order valence-electron chi connectivity index (χ3n) is 2.57. The van der Waals surface area contributed by atoms with Gasteiger partial charge >= 0.3 is 5.97 Å². The molecule has 5 heteroatoms. The Morgan fingerprint density at radius 2 is 2.00 bits per heavy atom. The summed E-state index contributed by atoms with van der Waals surface area (Å²) >= 11 is 0. The lowest BCUT2D eigenvalue weighted by molar-refractivity contribution is -0.138. The summed E-state index contributed by atoms with van der Waals surface area (Å²) in [7, 11) is 1.71. The van der Waals surface area contributed by atoms with Gasteiger partial charge < -0.3 is 10.0 Å². The molecule has 88 valence electrons. The fraction of sp³-hybridized carbons (Fsp3) is 0.545. The first-order chi connectivity index (χ1) is 7.43. The van der Waals surface area contributed by atoms with Gasteiger partial charge in [-0.05, 0) is 12.8 Å². The van der Waals surface area contributed by atoms with Crippen LogP contribution in [0.4, 0.5) is 5.82 Å². The molecule has 5 nitrogen and oxygen atoms in total. The van der Waals surface area contributed by atoms with Crippen LogP contribution in [0.5, 0.6) is 0 Å². The molecule has 0 saturated carbocycles. The lowest BCUT2D eigenvalue weighted by atomic mass is 10.1. The van der Waals surface area contributed by atoms with Crippen LogP contribution in [0.3, 0.4) is 0 Å². The Labute approximate surface area is 95.1 Å². The average molecular weight is 223 g/mol. The summed E-state index contributed by atoms with van der Waals surface area (Å²) < 4.78 is 0. The second kappa shape index (κ2) is 4.92. The van der Waals surface area contributed by atoms with E-state index in [1.807, 2.05) is 19.9 Å². The molecule has 0 amide bonds. The van der Waals surface area contributed by atoms with Gasteiger partial charge in [0.1, 0.15) is 18.2 Å². The van der Waals surface area contributed by atoms with Gasteiger partial charge in [0.15, 0.2) is 0 Å². The van der Waals surface area contributed by atoms with Crippen LogP contribution in [0.15, 0.2) is 12.4 Å². The molecule has 16 heavy (non-hydrogen) atoms. The molecule has 1 atom stereocenters. The van der Waals surface area contributed by atoms with Crippen LogP contribution in [-0.4, -0.2) is 34.1 Å². The van der Waals surface area contributed by atoms with Crippen molar-refractivity contribution in [1.82, 2.24) is 9.97 Å². The van der Waals surface area contributed by atoms with E-state index in [2.05, 4.69) is 9.97 Å². The van der Waals surface area contributed by atoms with Crippen LogP contribution in [-0.2, 0) is 4.79 Å². The number of hydrogen-bond acceptors (Lipinski definition) is 4. The minimum atomic E-state index is -0.868. The molecule has 1 aromatic rings. The first-order valence-electron chi connectivity index (χ1n) is 5.21. The number of rotatable bonds is 4. The Balaban J connectivity index is 2.95. The Morgan fingerprint density at radius 3 is 2.50 bits per heavy atom. The van der Waals surface area contributed by atoms with Crippen molar-refractivity contribution in [2.45, 2.75) is 32.7 Å². The van der Waals surface area contributed by atoms with E-state index in [-0.39, 0.29) is 0 Å². The minimum Gasteiger partial charge on any atom is -0.480 e. The molecule has 0 radical (unpaired) electrons. The number of nitrogens with zero attached hydrogens (tertiary/aromatic N) is 3. The van der Waals surface area contributed by atoms with Gasteiger partial charge in [-0.1, -0.05) is 13.8 Å². The summed E-state index contributed by atoms with van der Waals surface area (Å²) in [5, 5.41) is 8.91. The third kappa shape index (κ3) is 2.68. The largest absolute Gasteiger partial charge is 0.480 e. The molecule has 0 aliphatic carbocycles. The van der Waals surface area contributed by atoms with Crippen LogP contribution in [0.2, 0.25) is 0 Å². The first-order valence-corrected chi connectivity index (χ1v) is 5.21. The molecule has 0 saturated heterocycles. The molecule has 0 bridgehead atoms. The zero-order valence-corrected chi connectivity index (χ0v) is 10.0. The van der Waals surface area contributed by atoms with Crippen LogP contribution in [0, 0.1) is 0 Å². The molecule has 1 aromatic heterocycles. The topological polar surface area (TPSA) is 66.3 Å². The summed E-state index contributed by atoms with van der Waals surface area (Å²) in [6, 6.07) is 1.22. The molecule has 0 aliphatic rings. The quantitative estimate of drug-likeness (QED) is 0.838. The van der Waals surface area contributed by atoms with Gasteiger partial charge in [-0.3, -0.25) is 0 Å². The number of carboxylic acid groups (broad SMARTS) is 1. The maximum Gasteiger partial charge on any atom is 0.326 e. The maximum atomic E-state index is 10.8. The predicted molar refractivity (Wildman–Crippen MR) is 61.6 cm³/mol. The number of aliphatic carboxylic acids is 1. The van der Waals surface area contributed by atoms with Gasteiger partial charge in [0.25, 0.3) is 0 Å². The molecular weight excluding hydrogens is 206 g/mol. The van der Waals surface area contributed by atoms with Crippen molar-refractivity contribution in [3.63, 3.8) is 0 Å². The highest BCUT2D eigenvalue weighted by Crippen LogP contribution is 2.17. The normalized spacial score (nSPS) is 12.6. The van der Waals surface area contributed by atoms with Crippen molar-refractivity contribution >= 4 is 11.8 Å². The molecule has 0 aliphatic heterocycles. The van der Waals surface area contributed by atoms with E-state index in [1.54, 1.807) is 18.9 Å². The van der Waals surface area contributed by atoms with E-state index < -0.39 is 12.0 Å². The second-order valence-electron chi connectivity index (χ2n) is 4.08. The Bertz CT molecular complexity index is 379. The van der Waals surface area contributed by atoms with Gasteiger partial charge in [0.2, 0.25) is 0 Å². The van der Waals surface area contributed by atoms with Crippen LogP contribution in [0.1, 0.15) is 32.4 Å². The number of carbonyl (C=O) groups is 1. The number of aromatic nitrogens is 2. The summed E-state index contributed by atoms with van der Waals surface area (Å²) in [5.41, 5.74) is 0.912. The van der Waals surface area contributed by atoms with Gasteiger partial charge in [-0.25, -0.2) is 14.8 Å². The first kappa shape index (κ1) is 12.4. The average Bonchev–Trinajstić information content (AvgIpc) is 2.27. The van der Waals surface area contributed by atoms with E-state index >= 15 is 0 Å². The fourth-order valence-electron chi connectivity index (χ4n) is 1.23. The van der Waals surface area contributed by atoms with E-state index in [9.17, 15) is 4.79 Å². The van der Waals surface area contributed by atoms with E-state index in [1.165, 1.54) is 6.33 Å². The van der Waals surface area contributed by atoms with Gasteiger partial charge in [-0.15, -0.1) is 0 Å². The van der Waals surface area contributed by atoms with Crippen molar-refractivity contribution in [3.05, 3.63) is 18.1 Å². The lowest BCUT2D eigenvalue weighted by Crippen LogP contribution is -2.36. The predicted octanol–water partition coefficient (Wildman–Crippen LogP) is 1.51. The zero-order valence-electron chi connectivity index (χ0n) is 10.0. The van der Waals surface area contributed by atoms with E-state index in [0.29, 0.717) is 11.7 Å². The van der Waals surface area contributed by atoms with Crippen molar-refractivity contribution in [1.29, 1.82) is 0 Å². The Hall–Kier alpha value is -1.65. The van der Waals surface area contributed by atoms with Crippen LogP contribution in [0.25, 0.3) is 0 Å². The van der Waals surface area contributed by atoms with Gasteiger partial charge in [0, 0.05) is 18.8 Å². The number of anilines is 1. The Morgan fingerprint density at radius 1 is 1.38 bits per heavy atom. The smallest absolute Gasteiger partial charge is 0.326 e. The number of hydrogen-bond donors (Lipinski definition) is 1. The fourth-order valence-corrected chi connectivity index (χ4v) is 1.23. The Kier molecular flexibility index (Phi) is 3.82. The summed E-state index contributed by atoms with van der Waals surface area (Å²) in [4.78, 5) is 20.7. The summed E-state index contributed by atoms with van der Waals surface area (Å²) in [5.74, 6) is 0.0658. The molecule has 0 fully saturated rings. The molecule has 1 unspecified atom stereocenters. The summed E-state index contributed by atoms with van der Waals surface area (Å²) in [6.45, 7) is 5.69. The van der Waals surface area contributed by atoms with Crippen molar-refractivity contribution in [2.24, 2.45) is 0 Å². The highest BCUT2D eigenvalue weighted by atomic mass is 16.4. The second-order valence-corrected chi connectivity index (χ2v) is 4.08. The third-order valence-corrected chi connectivity index (χ3v) is 2.57. The van der Waals surface area contributed by atoms with Gasteiger partial charge in [0.05, 0.1) is 0 Å². The van der Waals surface area contributed by atoms with Gasteiger partial charge in [-0.2, -0.15) is 0 Å². The van der Waals surface area contributed by atoms with Crippen LogP contribution < -0.4 is 4.90 Å². The van der Waals surface area contributed by atoms with Crippen molar-refractivity contribution < 1.29 is 9.90 Å². The monoisotopic (exact) mass is 223 g/mol. The molecular formula is C11H17N3O2. The van der Waals surface area contributed by atoms with Crippen molar-refractivity contribution in [3.8, 4) is 0 Å². The van der Waals surface area contributed by atoms with Crippen molar-refractivity contribution in [2.75, 3.05) is 11.9 Å². The SMILES string of the molecule is CC(C)c1cc(N(C)C(C)C(=O)O)ncn1. The van der Waals surface area contributed by atoms with Crippen LogP contribution >= 0.6 is 0 Å². The molecule has 1 heterocycles. The molecule has 1 N–H and O–H groups in total. The highest BCUT2D eigenvalue weighted by molar-refractivity contribution is 5.76. The summed E-state index contributed by atoms with van der Waals surface area (Å²) in [6.07, 6.45) is 1.47. The lowest BCUT2D eigenvalue weighted by Gasteiger charge is -2.22.